The summed E-state index contributed by atoms with van der Waals surface area (Å²) in [5.41, 5.74) is 0. The third kappa shape index (κ3) is 3.24. The van der Waals surface area contributed by atoms with Crippen LogP contribution in [-0.4, -0.2) is 27.1 Å². The topological polar surface area (TPSA) is 76.2 Å². The fraction of sp³-hybridized carbons (Fsp3) is 0.727. The number of rotatable bonds is 5. The van der Waals surface area contributed by atoms with Crippen LogP contribution in [-0.2, 0) is 11.2 Å². The number of carboxylic acids is 1. The predicted octanol–water partition coefficient (Wildman–Crippen LogP) is 2.38. The van der Waals surface area contributed by atoms with E-state index in [1.165, 1.54) is 0 Å². The zero-order chi connectivity index (χ0) is 13.2. The highest BCUT2D eigenvalue weighted by Crippen LogP contribution is 2.43. The van der Waals surface area contributed by atoms with E-state index >= 15 is 0 Å². The zero-order valence-corrected chi connectivity index (χ0v) is 9.73. The highest BCUT2D eigenvalue weighted by Gasteiger charge is 2.41. The Morgan fingerprint density at radius 3 is 2.94 bits per heavy atom. The number of hydrogen-bond donors (Lipinski definition) is 1. The van der Waals surface area contributed by atoms with Crippen LogP contribution in [0.4, 0.5) is 8.78 Å². The maximum atomic E-state index is 13.0. The van der Waals surface area contributed by atoms with Crippen LogP contribution in [0.15, 0.2) is 4.52 Å². The lowest BCUT2D eigenvalue weighted by Gasteiger charge is -2.06. The lowest BCUT2D eigenvalue weighted by atomic mass is 10.1. The van der Waals surface area contributed by atoms with Gasteiger partial charge in [-0.1, -0.05) is 5.16 Å². The molecule has 1 aromatic heterocycles. The van der Waals surface area contributed by atoms with Crippen molar-refractivity contribution in [3.05, 3.63) is 11.7 Å². The first-order valence-electron chi connectivity index (χ1n) is 5.88. The van der Waals surface area contributed by atoms with Crippen LogP contribution in [0.1, 0.15) is 49.7 Å². The molecule has 0 aromatic carbocycles. The molecular formula is C11H14F2N2O3. The third-order valence-electron chi connectivity index (χ3n) is 3.03. The van der Waals surface area contributed by atoms with Crippen molar-refractivity contribution in [2.75, 3.05) is 0 Å². The van der Waals surface area contributed by atoms with Gasteiger partial charge in [-0.2, -0.15) is 4.98 Å². The van der Waals surface area contributed by atoms with Crippen molar-refractivity contribution in [1.29, 1.82) is 0 Å². The van der Waals surface area contributed by atoms with Gasteiger partial charge in [-0.15, -0.1) is 0 Å². The summed E-state index contributed by atoms with van der Waals surface area (Å²) in [6.07, 6.45) is 0.780. The number of aromatic nitrogens is 2. The van der Waals surface area contributed by atoms with Gasteiger partial charge < -0.3 is 9.63 Å². The van der Waals surface area contributed by atoms with E-state index in [2.05, 4.69) is 10.1 Å². The molecule has 5 nitrogen and oxygen atoms in total. The minimum atomic E-state index is -2.63. The summed E-state index contributed by atoms with van der Waals surface area (Å²) in [4.78, 5) is 14.4. The van der Waals surface area contributed by atoms with E-state index in [0.29, 0.717) is 31.0 Å². The molecule has 2 rings (SSSR count). The van der Waals surface area contributed by atoms with Gasteiger partial charge in [0, 0.05) is 31.6 Å². The van der Waals surface area contributed by atoms with Crippen LogP contribution in [0.5, 0.6) is 0 Å². The van der Waals surface area contributed by atoms with Crippen molar-refractivity contribution in [3.63, 3.8) is 0 Å². The first kappa shape index (κ1) is 12.9. The molecular weight excluding hydrogens is 246 g/mol. The van der Waals surface area contributed by atoms with Gasteiger partial charge in [-0.3, -0.25) is 4.79 Å². The molecule has 0 saturated heterocycles. The molecule has 1 atom stereocenters. The first-order chi connectivity index (χ1) is 8.46. The number of alkyl halides is 2. The van der Waals surface area contributed by atoms with E-state index in [-0.39, 0.29) is 25.2 Å². The molecule has 1 N–H and O–H groups in total. The monoisotopic (exact) mass is 260 g/mol. The Kier molecular flexibility index (Phi) is 3.58. The Morgan fingerprint density at radius 1 is 1.56 bits per heavy atom. The molecule has 7 heteroatoms. The minimum absolute atomic E-state index is 0.0270. The normalized spacial score (nSPS) is 22.2. The molecule has 0 aliphatic heterocycles. The largest absolute Gasteiger partial charge is 0.481 e. The van der Waals surface area contributed by atoms with Crippen LogP contribution in [0.25, 0.3) is 0 Å². The van der Waals surface area contributed by atoms with Crippen molar-refractivity contribution < 1.29 is 23.2 Å². The van der Waals surface area contributed by atoms with Gasteiger partial charge in [-0.25, -0.2) is 8.78 Å². The number of carboxylic acid groups (broad SMARTS) is 1. The third-order valence-corrected chi connectivity index (χ3v) is 3.03. The zero-order valence-electron chi connectivity index (χ0n) is 9.73. The van der Waals surface area contributed by atoms with E-state index in [1.807, 2.05) is 0 Å². The summed E-state index contributed by atoms with van der Waals surface area (Å²) in [5, 5.41) is 12.2. The van der Waals surface area contributed by atoms with Gasteiger partial charge in [0.1, 0.15) is 0 Å². The highest BCUT2D eigenvalue weighted by atomic mass is 19.3. The highest BCUT2D eigenvalue weighted by molar-refractivity contribution is 5.66. The van der Waals surface area contributed by atoms with E-state index in [4.69, 9.17) is 9.63 Å². The number of hydrogen-bond acceptors (Lipinski definition) is 4. The molecule has 0 spiro atoms. The quantitative estimate of drug-likeness (QED) is 0.879. The average molecular weight is 260 g/mol. The van der Waals surface area contributed by atoms with Gasteiger partial charge in [-0.05, 0) is 12.8 Å². The second kappa shape index (κ2) is 4.99. The summed E-state index contributed by atoms with van der Waals surface area (Å²) in [7, 11) is 0. The minimum Gasteiger partial charge on any atom is -0.481 e. The van der Waals surface area contributed by atoms with Gasteiger partial charge in [0.05, 0.1) is 0 Å². The van der Waals surface area contributed by atoms with Crippen molar-refractivity contribution in [2.45, 2.75) is 50.4 Å². The fourth-order valence-corrected chi connectivity index (χ4v) is 2.10. The van der Waals surface area contributed by atoms with Gasteiger partial charge in [0.15, 0.2) is 5.82 Å². The molecule has 0 radical (unpaired) electrons. The number of aliphatic carboxylic acids is 1. The molecule has 1 unspecified atom stereocenters. The van der Waals surface area contributed by atoms with E-state index in [0.717, 1.165) is 0 Å². The summed E-state index contributed by atoms with van der Waals surface area (Å²) < 4.78 is 31.0. The van der Waals surface area contributed by atoms with Crippen LogP contribution in [0.2, 0.25) is 0 Å². The molecule has 1 fully saturated rings. The SMILES string of the molecule is O=C(O)CCCc1nc(C2CCC(F)(F)C2)no1. The molecule has 1 aliphatic carbocycles. The van der Waals surface area contributed by atoms with E-state index in [1.54, 1.807) is 0 Å². The molecule has 100 valence electrons. The van der Waals surface area contributed by atoms with Crippen molar-refractivity contribution in [3.8, 4) is 0 Å². The second-order valence-corrected chi connectivity index (χ2v) is 4.59. The molecule has 1 aromatic rings. The average Bonchev–Trinajstić information content (AvgIpc) is 2.84. The maximum Gasteiger partial charge on any atom is 0.303 e. The molecule has 1 saturated carbocycles. The standard InChI is InChI=1S/C11H14F2N2O3/c12-11(13)5-4-7(6-11)10-14-8(18-15-10)2-1-3-9(16)17/h7H,1-6H2,(H,16,17). The van der Waals surface area contributed by atoms with Crippen LogP contribution in [0, 0.1) is 0 Å². The lowest BCUT2D eigenvalue weighted by molar-refractivity contribution is -0.137. The summed E-state index contributed by atoms with van der Waals surface area (Å²) in [6.45, 7) is 0. The fourth-order valence-electron chi connectivity index (χ4n) is 2.10. The molecule has 18 heavy (non-hydrogen) atoms. The smallest absolute Gasteiger partial charge is 0.303 e. The van der Waals surface area contributed by atoms with Gasteiger partial charge in [0.2, 0.25) is 11.8 Å². The van der Waals surface area contributed by atoms with Gasteiger partial charge >= 0.3 is 5.97 Å². The van der Waals surface area contributed by atoms with Crippen molar-refractivity contribution >= 4 is 5.97 Å². The Hall–Kier alpha value is -1.53. The molecule has 1 aliphatic rings. The first-order valence-corrected chi connectivity index (χ1v) is 5.88. The Labute approximate surface area is 102 Å². The van der Waals surface area contributed by atoms with E-state index < -0.39 is 11.9 Å². The number of aryl methyl sites for hydroxylation is 1. The van der Waals surface area contributed by atoms with Crippen LogP contribution < -0.4 is 0 Å². The summed E-state index contributed by atoms with van der Waals surface area (Å²) in [6, 6.07) is 0. The van der Waals surface area contributed by atoms with Crippen LogP contribution >= 0.6 is 0 Å². The number of carbonyl (C=O) groups is 1. The number of halogens is 2. The van der Waals surface area contributed by atoms with E-state index in [9.17, 15) is 13.6 Å². The predicted molar refractivity (Wildman–Crippen MR) is 56.4 cm³/mol. The summed E-state index contributed by atoms with van der Waals surface area (Å²) >= 11 is 0. The van der Waals surface area contributed by atoms with Crippen molar-refractivity contribution in [2.24, 2.45) is 0 Å². The maximum absolute atomic E-state index is 13.0. The second-order valence-electron chi connectivity index (χ2n) is 4.59. The lowest BCUT2D eigenvalue weighted by Crippen LogP contribution is -2.09. The summed E-state index contributed by atoms with van der Waals surface area (Å²) in [5.74, 6) is -3.23. The Balaban J connectivity index is 1.88. The van der Waals surface area contributed by atoms with Gasteiger partial charge in [0.25, 0.3) is 0 Å². The number of nitrogens with zero attached hydrogens (tertiary/aromatic N) is 2. The molecule has 1 heterocycles. The molecule has 0 bridgehead atoms. The van der Waals surface area contributed by atoms with Crippen LogP contribution in [0.3, 0.4) is 0 Å². The van der Waals surface area contributed by atoms with Crippen molar-refractivity contribution in [1.82, 2.24) is 10.1 Å². The molecule has 0 amide bonds. The Morgan fingerprint density at radius 2 is 2.33 bits per heavy atom. The Bertz CT molecular complexity index is 434.